The Morgan fingerprint density at radius 3 is 2.65 bits per heavy atom. The van der Waals surface area contributed by atoms with Gasteiger partial charge in [0, 0.05) is 18.8 Å². The highest BCUT2D eigenvalue weighted by Crippen LogP contribution is 2.20. The molecule has 6 nitrogen and oxygen atoms in total. The molecule has 3 rings (SSSR count). The summed E-state index contributed by atoms with van der Waals surface area (Å²) in [7, 11) is 0. The Hall–Kier alpha value is -2.86. The summed E-state index contributed by atoms with van der Waals surface area (Å²) < 4.78 is 10.9. The summed E-state index contributed by atoms with van der Waals surface area (Å²) in [5.74, 6) is 0.0237. The van der Waals surface area contributed by atoms with E-state index in [1.165, 1.54) is 0 Å². The van der Waals surface area contributed by atoms with Crippen molar-refractivity contribution in [2.45, 2.75) is 6.92 Å². The first-order valence-corrected chi connectivity index (χ1v) is 8.59. The lowest BCUT2D eigenvalue weighted by molar-refractivity contribution is -0.118. The second kappa shape index (κ2) is 8.49. The number of nitrogens with one attached hydrogen (secondary N) is 1. The molecule has 1 saturated heterocycles. The van der Waals surface area contributed by atoms with Gasteiger partial charge in [-0.25, -0.2) is 0 Å². The zero-order chi connectivity index (χ0) is 18.4. The highest BCUT2D eigenvalue weighted by molar-refractivity contribution is 5.97. The first-order chi connectivity index (χ1) is 12.6. The lowest BCUT2D eigenvalue weighted by atomic mass is 10.1. The van der Waals surface area contributed by atoms with Gasteiger partial charge in [-0.2, -0.15) is 0 Å². The van der Waals surface area contributed by atoms with Crippen LogP contribution in [0.4, 0.5) is 5.69 Å². The Labute approximate surface area is 152 Å². The zero-order valence-electron chi connectivity index (χ0n) is 14.7. The molecule has 0 saturated carbocycles. The Balaban J connectivity index is 1.62. The van der Waals surface area contributed by atoms with Crippen molar-refractivity contribution in [1.82, 2.24) is 4.90 Å². The molecule has 1 fully saturated rings. The van der Waals surface area contributed by atoms with Crippen molar-refractivity contribution in [3.05, 3.63) is 59.7 Å². The summed E-state index contributed by atoms with van der Waals surface area (Å²) in [5, 5.41) is 2.79. The second-order valence-corrected chi connectivity index (χ2v) is 6.11. The van der Waals surface area contributed by atoms with E-state index < -0.39 is 0 Å². The second-order valence-electron chi connectivity index (χ2n) is 6.11. The average Bonchev–Trinajstić information content (AvgIpc) is 2.67. The fourth-order valence-electron chi connectivity index (χ4n) is 2.77. The number of rotatable bonds is 5. The maximum atomic E-state index is 12.7. The quantitative estimate of drug-likeness (QED) is 0.896. The van der Waals surface area contributed by atoms with Gasteiger partial charge in [-0.1, -0.05) is 24.3 Å². The van der Waals surface area contributed by atoms with Crippen LogP contribution in [0.25, 0.3) is 0 Å². The molecule has 136 valence electrons. The zero-order valence-corrected chi connectivity index (χ0v) is 14.7. The molecule has 2 amide bonds. The number of benzene rings is 2. The van der Waals surface area contributed by atoms with Crippen LogP contribution in [-0.2, 0) is 9.53 Å². The van der Waals surface area contributed by atoms with E-state index in [2.05, 4.69) is 5.32 Å². The van der Waals surface area contributed by atoms with Crippen LogP contribution in [-0.4, -0.2) is 49.6 Å². The van der Waals surface area contributed by atoms with Gasteiger partial charge in [-0.15, -0.1) is 0 Å². The van der Waals surface area contributed by atoms with Gasteiger partial charge in [0.25, 0.3) is 11.8 Å². The summed E-state index contributed by atoms with van der Waals surface area (Å²) in [6.45, 7) is 3.98. The summed E-state index contributed by atoms with van der Waals surface area (Å²) in [6, 6.07) is 14.5. The van der Waals surface area contributed by atoms with E-state index in [4.69, 9.17) is 9.47 Å². The number of morpholine rings is 1. The maximum absolute atomic E-state index is 12.7. The van der Waals surface area contributed by atoms with Crippen LogP contribution in [0.3, 0.4) is 0 Å². The number of nitrogens with zero attached hydrogens (tertiary/aromatic N) is 1. The molecule has 2 aromatic rings. The minimum absolute atomic E-state index is 0.108. The number of carbonyl (C=O) groups excluding carboxylic acids is 2. The molecular formula is C20H22N2O4. The van der Waals surface area contributed by atoms with E-state index in [-0.39, 0.29) is 18.4 Å². The molecule has 1 aliphatic rings. The Morgan fingerprint density at radius 2 is 1.88 bits per heavy atom. The third kappa shape index (κ3) is 4.61. The summed E-state index contributed by atoms with van der Waals surface area (Å²) in [6.07, 6.45) is 0. The van der Waals surface area contributed by atoms with Gasteiger partial charge in [-0.05, 0) is 36.8 Å². The Bertz CT molecular complexity index is 785. The van der Waals surface area contributed by atoms with Gasteiger partial charge in [-0.3, -0.25) is 9.59 Å². The molecular weight excluding hydrogens is 332 g/mol. The summed E-state index contributed by atoms with van der Waals surface area (Å²) in [5.41, 5.74) is 2.24. The van der Waals surface area contributed by atoms with Gasteiger partial charge >= 0.3 is 0 Å². The molecule has 0 spiro atoms. The molecule has 1 aliphatic heterocycles. The number of ether oxygens (including phenoxy) is 2. The first kappa shape index (κ1) is 17.9. The molecule has 6 heteroatoms. The summed E-state index contributed by atoms with van der Waals surface area (Å²) >= 11 is 0. The molecule has 0 radical (unpaired) electrons. The van der Waals surface area contributed by atoms with Crippen molar-refractivity contribution in [1.29, 1.82) is 0 Å². The molecule has 0 unspecified atom stereocenters. The smallest absolute Gasteiger partial charge is 0.262 e. The number of anilines is 1. The van der Waals surface area contributed by atoms with Crippen LogP contribution < -0.4 is 10.1 Å². The van der Waals surface area contributed by atoms with Gasteiger partial charge < -0.3 is 19.7 Å². The van der Waals surface area contributed by atoms with Crippen LogP contribution in [0.15, 0.2) is 48.5 Å². The van der Waals surface area contributed by atoms with E-state index in [1.54, 1.807) is 29.2 Å². The normalized spacial score (nSPS) is 14.0. The van der Waals surface area contributed by atoms with E-state index >= 15 is 0 Å². The van der Waals surface area contributed by atoms with Gasteiger partial charge in [0.05, 0.1) is 18.8 Å². The third-order valence-electron chi connectivity index (χ3n) is 4.08. The lowest BCUT2D eigenvalue weighted by Gasteiger charge is -2.27. The number of hydrogen-bond acceptors (Lipinski definition) is 4. The van der Waals surface area contributed by atoms with Crippen molar-refractivity contribution in [2.75, 3.05) is 38.2 Å². The van der Waals surface area contributed by atoms with Crippen molar-refractivity contribution in [3.8, 4) is 5.75 Å². The maximum Gasteiger partial charge on any atom is 0.262 e. The van der Waals surface area contributed by atoms with Crippen LogP contribution in [0, 0.1) is 6.92 Å². The number of para-hydroxylation sites is 1. The van der Waals surface area contributed by atoms with Crippen molar-refractivity contribution >= 4 is 17.5 Å². The van der Waals surface area contributed by atoms with Gasteiger partial charge in [0.15, 0.2) is 6.61 Å². The Kier molecular flexibility index (Phi) is 5.86. The van der Waals surface area contributed by atoms with Gasteiger partial charge in [0.1, 0.15) is 5.75 Å². The fraction of sp³-hybridized carbons (Fsp3) is 0.300. The predicted molar refractivity (Wildman–Crippen MR) is 98.5 cm³/mol. The molecule has 1 heterocycles. The first-order valence-electron chi connectivity index (χ1n) is 8.59. The minimum atomic E-state index is -0.274. The van der Waals surface area contributed by atoms with E-state index in [0.717, 1.165) is 11.3 Å². The monoisotopic (exact) mass is 354 g/mol. The molecule has 1 N–H and O–H groups in total. The largest absolute Gasteiger partial charge is 0.483 e. The fourth-order valence-corrected chi connectivity index (χ4v) is 2.77. The minimum Gasteiger partial charge on any atom is -0.483 e. The molecule has 0 bridgehead atoms. The van der Waals surface area contributed by atoms with Crippen LogP contribution in [0.5, 0.6) is 5.75 Å². The van der Waals surface area contributed by atoms with E-state index in [9.17, 15) is 9.59 Å². The van der Waals surface area contributed by atoms with Crippen LogP contribution in [0.2, 0.25) is 0 Å². The molecule has 2 aromatic carbocycles. The molecule has 0 atom stereocenters. The standard InChI is InChI=1S/C20H22N2O4/c1-15-5-4-6-16(13-15)21-19(23)14-26-18-8-3-2-7-17(18)20(24)22-9-11-25-12-10-22/h2-8,13H,9-12,14H2,1H3,(H,21,23). The average molecular weight is 354 g/mol. The highest BCUT2D eigenvalue weighted by atomic mass is 16.5. The summed E-state index contributed by atoms with van der Waals surface area (Å²) in [4.78, 5) is 26.6. The SMILES string of the molecule is Cc1cccc(NC(=O)COc2ccccc2C(=O)N2CCOCC2)c1. The highest BCUT2D eigenvalue weighted by Gasteiger charge is 2.21. The topological polar surface area (TPSA) is 67.9 Å². The lowest BCUT2D eigenvalue weighted by Crippen LogP contribution is -2.40. The van der Waals surface area contributed by atoms with E-state index in [1.807, 2.05) is 31.2 Å². The molecule has 26 heavy (non-hydrogen) atoms. The van der Waals surface area contributed by atoms with Crippen molar-refractivity contribution < 1.29 is 19.1 Å². The molecule has 0 aromatic heterocycles. The van der Waals surface area contributed by atoms with E-state index in [0.29, 0.717) is 37.6 Å². The number of carbonyl (C=O) groups is 2. The predicted octanol–water partition coefficient (Wildman–Crippen LogP) is 2.48. The molecule has 0 aliphatic carbocycles. The van der Waals surface area contributed by atoms with Crippen molar-refractivity contribution in [3.63, 3.8) is 0 Å². The number of hydrogen-bond donors (Lipinski definition) is 1. The third-order valence-corrected chi connectivity index (χ3v) is 4.08. The number of aryl methyl sites for hydroxylation is 1. The van der Waals surface area contributed by atoms with Crippen LogP contribution >= 0.6 is 0 Å². The number of amides is 2. The van der Waals surface area contributed by atoms with Crippen LogP contribution in [0.1, 0.15) is 15.9 Å². The van der Waals surface area contributed by atoms with Gasteiger partial charge in [0.2, 0.25) is 0 Å². The van der Waals surface area contributed by atoms with Crippen molar-refractivity contribution in [2.24, 2.45) is 0 Å². The Morgan fingerprint density at radius 1 is 1.12 bits per heavy atom.